The Kier molecular flexibility index (Phi) is 4.68. The van der Waals surface area contributed by atoms with Crippen molar-refractivity contribution in [2.75, 3.05) is 12.4 Å². The Labute approximate surface area is 169 Å². The Balaban J connectivity index is 1.74. The second-order valence-electron chi connectivity index (χ2n) is 6.01. The molecule has 0 bridgehead atoms. The molecule has 0 radical (unpaired) electrons. The Morgan fingerprint density at radius 2 is 1.96 bits per heavy atom. The van der Waals surface area contributed by atoms with E-state index in [9.17, 15) is 4.79 Å². The second-order valence-corrected chi connectivity index (χ2v) is 7.83. The van der Waals surface area contributed by atoms with Crippen molar-refractivity contribution in [3.63, 3.8) is 0 Å². The summed E-state index contributed by atoms with van der Waals surface area (Å²) in [6.45, 7) is 1.87. The predicted octanol–water partition coefficient (Wildman–Crippen LogP) is 6.33. The van der Waals surface area contributed by atoms with E-state index < -0.39 is 0 Å². The summed E-state index contributed by atoms with van der Waals surface area (Å²) in [5, 5.41) is 5.77. The number of thiophene rings is 1. The van der Waals surface area contributed by atoms with Gasteiger partial charge in [0.1, 0.15) is 15.6 Å². The number of nitrogens with zero attached hydrogens (tertiary/aromatic N) is 1. The van der Waals surface area contributed by atoms with Crippen LogP contribution in [0.2, 0.25) is 10.0 Å². The first-order valence-electron chi connectivity index (χ1n) is 8.11. The van der Waals surface area contributed by atoms with Gasteiger partial charge in [0, 0.05) is 21.5 Å². The average Bonchev–Trinajstić information content (AvgIpc) is 3.08. The fraction of sp³-hybridized carbons (Fsp3) is 0.100. The van der Waals surface area contributed by atoms with Crippen molar-refractivity contribution in [3.05, 3.63) is 63.0 Å². The lowest BCUT2D eigenvalue weighted by Crippen LogP contribution is -2.11. The van der Waals surface area contributed by atoms with Crippen LogP contribution >= 0.6 is 34.5 Å². The largest absolute Gasteiger partial charge is 0.495 e. The standard InChI is InChI=1S/C20H14Cl2N2O2S/c1-10-13(21)4-3-5-14(10)23-19(25)16-9-12-8-11-6-7-15(26-2)17(22)18(11)24-20(12)27-16/h3-9H,1-2H3,(H,23,25). The molecule has 2 aromatic heterocycles. The zero-order valence-corrected chi connectivity index (χ0v) is 16.8. The summed E-state index contributed by atoms with van der Waals surface area (Å²) in [4.78, 5) is 18.6. The van der Waals surface area contributed by atoms with E-state index in [2.05, 4.69) is 10.3 Å². The minimum atomic E-state index is -0.198. The quantitative estimate of drug-likeness (QED) is 0.424. The molecule has 2 aromatic carbocycles. The normalized spacial score (nSPS) is 11.1. The highest BCUT2D eigenvalue weighted by Crippen LogP contribution is 2.35. The lowest BCUT2D eigenvalue weighted by molar-refractivity contribution is 0.103. The van der Waals surface area contributed by atoms with Crippen LogP contribution in [0.4, 0.5) is 5.69 Å². The maximum Gasteiger partial charge on any atom is 0.265 e. The summed E-state index contributed by atoms with van der Waals surface area (Å²) < 4.78 is 5.25. The van der Waals surface area contributed by atoms with Gasteiger partial charge in [0.25, 0.3) is 5.91 Å². The third-order valence-electron chi connectivity index (χ3n) is 4.34. The number of amides is 1. The maximum atomic E-state index is 12.7. The predicted molar refractivity (Wildman–Crippen MR) is 113 cm³/mol. The van der Waals surface area contributed by atoms with Gasteiger partial charge in [0.2, 0.25) is 0 Å². The van der Waals surface area contributed by atoms with E-state index in [0.717, 1.165) is 21.2 Å². The number of rotatable bonds is 3. The number of nitrogens with one attached hydrogen (secondary N) is 1. The minimum Gasteiger partial charge on any atom is -0.495 e. The number of fused-ring (bicyclic) bond motifs is 2. The molecule has 0 aliphatic carbocycles. The van der Waals surface area contributed by atoms with Crippen molar-refractivity contribution in [2.45, 2.75) is 6.92 Å². The average molecular weight is 417 g/mol. The fourth-order valence-corrected chi connectivity index (χ4v) is 4.22. The lowest BCUT2D eigenvalue weighted by atomic mass is 10.1. The summed E-state index contributed by atoms with van der Waals surface area (Å²) in [7, 11) is 1.57. The van der Waals surface area contributed by atoms with E-state index in [1.165, 1.54) is 11.3 Å². The van der Waals surface area contributed by atoms with E-state index in [1.54, 1.807) is 25.3 Å². The number of methoxy groups -OCH3 is 1. The first kappa shape index (κ1) is 18.0. The first-order valence-corrected chi connectivity index (χ1v) is 9.68. The molecular weight excluding hydrogens is 403 g/mol. The van der Waals surface area contributed by atoms with Crippen LogP contribution in [-0.2, 0) is 0 Å². The molecule has 4 nitrogen and oxygen atoms in total. The Morgan fingerprint density at radius 1 is 1.15 bits per heavy atom. The third kappa shape index (κ3) is 3.23. The summed E-state index contributed by atoms with van der Waals surface area (Å²) >= 11 is 13.8. The van der Waals surface area contributed by atoms with E-state index >= 15 is 0 Å². The van der Waals surface area contributed by atoms with Gasteiger partial charge in [-0.3, -0.25) is 4.79 Å². The van der Waals surface area contributed by atoms with Crippen LogP contribution in [0.3, 0.4) is 0 Å². The molecule has 0 aliphatic rings. The highest BCUT2D eigenvalue weighted by atomic mass is 35.5. The molecule has 7 heteroatoms. The first-order chi connectivity index (χ1) is 13.0. The summed E-state index contributed by atoms with van der Waals surface area (Å²) in [5.74, 6) is 0.373. The lowest BCUT2D eigenvalue weighted by Gasteiger charge is -2.08. The summed E-state index contributed by atoms with van der Waals surface area (Å²) in [6, 6.07) is 12.9. The number of carbonyl (C=O) groups excluding carboxylic acids is 1. The molecule has 4 aromatic rings. The molecular formula is C20H14Cl2N2O2S. The molecule has 0 aliphatic heterocycles. The molecule has 1 N–H and O–H groups in total. The summed E-state index contributed by atoms with van der Waals surface area (Å²) in [6.07, 6.45) is 0. The number of hydrogen-bond donors (Lipinski definition) is 1. The smallest absolute Gasteiger partial charge is 0.265 e. The van der Waals surface area contributed by atoms with Crippen LogP contribution < -0.4 is 10.1 Å². The highest BCUT2D eigenvalue weighted by Gasteiger charge is 2.15. The van der Waals surface area contributed by atoms with E-state index in [4.69, 9.17) is 27.9 Å². The van der Waals surface area contributed by atoms with Gasteiger partial charge in [-0.15, -0.1) is 11.3 Å². The van der Waals surface area contributed by atoms with Gasteiger partial charge in [-0.25, -0.2) is 4.98 Å². The van der Waals surface area contributed by atoms with Gasteiger partial charge in [0.05, 0.1) is 17.5 Å². The van der Waals surface area contributed by atoms with Gasteiger partial charge < -0.3 is 10.1 Å². The van der Waals surface area contributed by atoms with Crippen LogP contribution in [0.15, 0.2) is 42.5 Å². The van der Waals surface area contributed by atoms with E-state index in [-0.39, 0.29) is 5.91 Å². The number of benzene rings is 2. The van der Waals surface area contributed by atoms with Crippen LogP contribution in [0.5, 0.6) is 5.75 Å². The number of hydrogen-bond acceptors (Lipinski definition) is 4. The topological polar surface area (TPSA) is 51.2 Å². The van der Waals surface area contributed by atoms with Gasteiger partial charge in [-0.1, -0.05) is 29.3 Å². The van der Waals surface area contributed by atoms with E-state index in [1.807, 2.05) is 31.2 Å². The number of anilines is 1. The van der Waals surface area contributed by atoms with Gasteiger partial charge >= 0.3 is 0 Å². The molecule has 1 amide bonds. The van der Waals surface area contributed by atoms with Gasteiger partial charge in [-0.05, 0) is 48.9 Å². The van der Waals surface area contributed by atoms with Gasteiger partial charge in [0.15, 0.2) is 0 Å². The monoisotopic (exact) mass is 416 g/mol. The molecule has 2 heterocycles. The third-order valence-corrected chi connectivity index (χ3v) is 6.15. The molecule has 0 saturated carbocycles. The second kappa shape index (κ2) is 7.00. The van der Waals surface area contributed by atoms with Crippen LogP contribution in [0.25, 0.3) is 21.1 Å². The zero-order chi connectivity index (χ0) is 19.1. The van der Waals surface area contributed by atoms with Crippen LogP contribution in [0.1, 0.15) is 15.2 Å². The highest BCUT2D eigenvalue weighted by molar-refractivity contribution is 7.20. The molecule has 0 unspecified atom stereocenters. The molecule has 0 fully saturated rings. The Morgan fingerprint density at radius 3 is 2.74 bits per heavy atom. The van der Waals surface area contributed by atoms with Crippen LogP contribution in [0, 0.1) is 6.92 Å². The molecule has 136 valence electrons. The maximum absolute atomic E-state index is 12.7. The van der Waals surface area contributed by atoms with Crippen molar-refractivity contribution in [2.24, 2.45) is 0 Å². The van der Waals surface area contributed by atoms with Crippen molar-refractivity contribution in [3.8, 4) is 5.75 Å². The van der Waals surface area contributed by atoms with Crippen LogP contribution in [-0.4, -0.2) is 18.0 Å². The van der Waals surface area contributed by atoms with Crippen molar-refractivity contribution in [1.82, 2.24) is 4.98 Å². The number of aromatic nitrogens is 1. The zero-order valence-electron chi connectivity index (χ0n) is 14.5. The summed E-state index contributed by atoms with van der Waals surface area (Å²) in [5.41, 5.74) is 2.18. The molecule has 27 heavy (non-hydrogen) atoms. The van der Waals surface area contributed by atoms with Gasteiger partial charge in [-0.2, -0.15) is 0 Å². The van der Waals surface area contributed by atoms with Crippen molar-refractivity contribution < 1.29 is 9.53 Å². The minimum absolute atomic E-state index is 0.198. The molecule has 0 atom stereocenters. The Bertz CT molecular complexity index is 1200. The fourth-order valence-electron chi connectivity index (χ4n) is 2.84. The Hall–Kier alpha value is -2.34. The number of carbonyl (C=O) groups is 1. The molecule has 0 saturated heterocycles. The number of ether oxygens (including phenoxy) is 1. The van der Waals surface area contributed by atoms with Crippen molar-refractivity contribution >= 4 is 67.3 Å². The number of pyridine rings is 1. The molecule has 4 rings (SSSR count). The number of halogens is 2. The van der Waals surface area contributed by atoms with Crippen molar-refractivity contribution in [1.29, 1.82) is 0 Å². The SMILES string of the molecule is COc1ccc2cc3cc(C(=O)Nc4cccc(Cl)c4C)sc3nc2c1Cl. The molecule has 0 spiro atoms. The van der Waals surface area contributed by atoms with E-state index in [0.29, 0.717) is 31.9 Å².